The second kappa shape index (κ2) is 11.8. The maximum Gasteiger partial charge on any atom is 0.219 e. The topological polar surface area (TPSA) is 111 Å². The molecule has 43 heavy (non-hydrogen) atoms. The predicted octanol–water partition coefficient (Wildman–Crippen LogP) is 6.82. The van der Waals surface area contributed by atoms with Crippen LogP contribution in [0.2, 0.25) is 0 Å². The Bertz CT molecular complexity index is 1810. The molecule has 3 aromatic heterocycles. The van der Waals surface area contributed by atoms with E-state index in [9.17, 15) is 9.18 Å². The Labute approximate surface area is 256 Å². The molecule has 0 unspecified atom stereocenters. The summed E-state index contributed by atoms with van der Waals surface area (Å²) in [6.45, 7) is 8.30. The second-order valence-corrected chi connectivity index (χ2v) is 11.9. The highest BCUT2D eigenvalue weighted by Gasteiger charge is 2.24. The molecule has 1 aliphatic heterocycles. The summed E-state index contributed by atoms with van der Waals surface area (Å²) in [6, 6.07) is 14.0. The van der Waals surface area contributed by atoms with Crippen molar-refractivity contribution < 1.29 is 18.7 Å². The zero-order valence-electron chi connectivity index (χ0n) is 24.1. The number of aryl methyl sites for hydroxylation is 1. The molecule has 11 heteroatoms. The molecule has 222 valence electrons. The molecule has 0 atom stereocenters. The maximum absolute atomic E-state index is 14.0. The van der Waals surface area contributed by atoms with E-state index in [1.807, 2.05) is 19.1 Å². The lowest BCUT2D eigenvalue weighted by molar-refractivity contribution is 0.0839. The molecular weight excluding hydrogens is 615 g/mol. The third-order valence-electron chi connectivity index (χ3n) is 7.81. The van der Waals surface area contributed by atoms with Gasteiger partial charge in [-0.15, -0.1) is 0 Å². The summed E-state index contributed by atoms with van der Waals surface area (Å²) in [4.78, 5) is 23.5. The van der Waals surface area contributed by atoms with Crippen LogP contribution >= 0.6 is 15.9 Å². The van der Waals surface area contributed by atoms with E-state index in [-0.39, 0.29) is 34.9 Å². The third kappa shape index (κ3) is 5.87. The SMILES string of the molecule is Cc1cc(Oc2ccccc2F)ncc1-n1ncc(C(=O)c2cc3cc(OC4CCN(C(C)C)CC4)c(Br)cc3[nH]2)c1N. The molecule has 5 aromatic rings. The summed E-state index contributed by atoms with van der Waals surface area (Å²) in [7, 11) is 0. The van der Waals surface area contributed by atoms with Gasteiger partial charge in [-0.25, -0.2) is 14.1 Å². The fourth-order valence-electron chi connectivity index (χ4n) is 5.35. The van der Waals surface area contributed by atoms with Gasteiger partial charge in [0, 0.05) is 36.1 Å². The van der Waals surface area contributed by atoms with Gasteiger partial charge in [-0.3, -0.25) is 4.79 Å². The van der Waals surface area contributed by atoms with Gasteiger partial charge >= 0.3 is 0 Å². The van der Waals surface area contributed by atoms with Crippen molar-refractivity contribution in [3.8, 4) is 23.1 Å². The van der Waals surface area contributed by atoms with Gasteiger partial charge in [0.15, 0.2) is 11.6 Å². The second-order valence-electron chi connectivity index (χ2n) is 11.0. The number of nitrogen functional groups attached to an aromatic ring is 1. The third-order valence-corrected chi connectivity index (χ3v) is 8.43. The number of nitrogens with one attached hydrogen (secondary N) is 1. The number of pyridine rings is 1. The Morgan fingerprint density at radius 3 is 2.60 bits per heavy atom. The van der Waals surface area contributed by atoms with Gasteiger partial charge < -0.3 is 25.1 Å². The normalized spacial score (nSPS) is 14.5. The number of carbonyl (C=O) groups is 1. The first kappa shape index (κ1) is 28.9. The summed E-state index contributed by atoms with van der Waals surface area (Å²) in [6.07, 6.45) is 5.06. The molecule has 3 N–H and O–H groups in total. The summed E-state index contributed by atoms with van der Waals surface area (Å²) >= 11 is 3.64. The fraction of sp³-hybridized carbons (Fsp3) is 0.281. The van der Waals surface area contributed by atoms with Crippen LogP contribution in [-0.2, 0) is 0 Å². The number of H-pyrrole nitrogens is 1. The lowest BCUT2D eigenvalue weighted by atomic mass is 10.1. The molecule has 0 saturated carbocycles. The largest absolute Gasteiger partial charge is 0.489 e. The van der Waals surface area contributed by atoms with Crippen LogP contribution < -0.4 is 15.2 Å². The molecule has 0 amide bonds. The predicted molar refractivity (Wildman–Crippen MR) is 167 cm³/mol. The number of hydrogen-bond acceptors (Lipinski definition) is 7. The van der Waals surface area contributed by atoms with E-state index >= 15 is 0 Å². The number of carbonyl (C=O) groups excluding carboxylic acids is 1. The van der Waals surface area contributed by atoms with Gasteiger partial charge in [-0.05, 0) is 85.4 Å². The number of nitrogens with zero attached hydrogens (tertiary/aromatic N) is 4. The lowest BCUT2D eigenvalue weighted by Gasteiger charge is -2.34. The van der Waals surface area contributed by atoms with Crippen LogP contribution in [-0.4, -0.2) is 55.7 Å². The van der Waals surface area contributed by atoms with Crippen molar-refractivity contribution >= 4 is 38.4 Å². The number of aromatic amines is 1. The molecule has 1 fully saturated rings. The van der Waals surface area contributed by atoms with Crippen LogP contribution in [0.4, 0.5) is 10.2 Å². The van der Waals surface area contributed by atoms with Gasteiger partial charge in [0.1, 0.15) is 17.7 Å². The van der Waals surface area contributed by atoms with E-state index in [1.54, 1.807) is 24.3 Å². The van der Waals surface area contributed by atoms with E-state index in [2.05, 4.69) is 49.7 Å². The van der Waals surface area contributed by atoms with Crippen molar-refractivity contribution in [2.24, 2.45) is 0 Å². The quantitative estimate of drug-likeness (QED) is 0.178. The minimum atomic E-state index is -0.485. The van der Waals surface area contributed by atoms with Crippen molar-refractivity contribution in [2.45, 2.75) is 45.8 Å². The Morgan fingerprint density at radius 2 is 1.88 bits per heavy atom. The van der Waals surface area contributed by atoms with Crippen LogP contribution in [0.5, 0.6) is 17.4 Å². The number of ether oxygens (including phenoxy) is 2. The smallest absolute Gasteiger partial charge is 0.219 e. The Hall–Kier alpha value is -4.22. The number of para-hydroxylation sites is 1. The number of benzene rings is 2. The average Bonchev–Trinajstić information content (AvgIpc) is 3.57. The van der Waals surface area contributed by atoms with Crippen LogP contribution in [0, 0.1) is 12.7 Å². The summed E-state index contributed by atoms with van der Waals surface area (Å²) in [5, 5.41) is 5.23. The van der Waals surface area contributed by atoms with Crippen molar-refractivity contribution in [2.75, 3.05) is 18.8 Å². The fourth-order valence-corrected chi connectivity index (χ4v) is 5.78. The summed E-state index contributed by atoms with van der Waals surface area (Å²) in [5.74, 6) is 0.456. The standard InChI is InChI=1S/C32H32BrFN6O3/c1-18(2)39-10-8-21(9-11-39)42-29-14-20-13-26(38-25(20)15-23(29)33)31(41)22-16-37-40(32(22)35)27-17-36-30(12-19(27)3)43-28-7-5-4-6-24(28)34/h4-7,12-18,21,38H,8-11,35H2,1-3H3. The number of hydrogen-bond donors (Lipinski definition) is 2. The van der Waals surface area contributed by atoms with Gasteiger partial charge in [-0.1, -0.05) is 12.1 Å². The first-order chi connectivity index (χ1) is 20.7. The number of fused-ring (bicyclic) bond motifs is 1. The average molecular weight is 648 g/mol. The van der Waals surface area contributed by atoms with Crippen LogP contribution in [0.1, 0.15) is 48.3 Å². The highest BCUT2D eigenvalue weighted by atomic mass is 79.9. The number of halogens is 2. The number of likely N-dealkylation sites (tertiary alicyclic amines) is 1. The molecule has 0 spiro atoms. The Balaban J connectivity index is 1.20. The molecule has 1 aliphatic rings. The van der Waals surface area contributed by atoms with E-state index in [4.69, 9.17) is 15.2 Å². The number of nitrogens with two attached hydrogens (primary N) is 1. The van der Waals surface area contributed by atoms with Crippen LogP contribution in [0.15, 0.2) is 65.4 Å². The van der Waals surface area contributed by atoms with E-state index < -0.39 is 5.82 Å². The van der Waals surface area contributed by atoms with Gasteiger partial charge in [0.25, 0.3) is 0 Å². The zero-order chi connectivity index (χ0) is 30.2. The van der Waals surface area contributed by atoms with E-state index in [1.165, 1.54) is 29.2 Å². The van der Waals surface area contributed by atoms with Crippen molar-refractivity contribution in [3.63, 3.8) is 0 Å². The highest BCUT2D eigenvalue weighted by Crippen LogP contribution is 2.34. The van der Waals surface area contributed by atoms with Crippen LogP contribution in [0.3, 0.4) is 0 Å². The summed E-state index contributed by atoms with van der Waals surface area (Å²) in [5.41, 5.74) is 9.17. The highest BCUT2D eigenvalue weighted by molar-refractivity contribution is 9.10. The molecule has 6 rings (SSSR count). The number of piperidine rings is 1. The minimum absolute atomic E-state index is 0.0737. The van der Waals surface area contributed by atoms with Crippen LogP contribution in [0.25, 0.3) is 16.6 Å². The maximum atomic E-state index is 14.0. The first-order valence-electron chi connectivity index (χ1n) is 14.2. The molecule has 0 aliphatic carbocycles. The molecule has 4 heterocycles. The molecule has 2 aromatic carbocycles. The van der Waals surface area contributed by atoms with Gasteiger partial charge in [0.2, 0.25) is 11.7 Å². The zero-order valence-corrected chi connectivity index (χ0v) is 25.7. The van der Waals surface area contributed by atoms with Crippen molar-refractivity contribution in [1.82, 2.24) is 24.6 Å². The van der Waals surface area contributed by atoms with Crippen molar-refractivity contribution in [1.29, 1.82) is 0 Å². The number of rotatable bonds is 8. The number of ketones is 1. The van der Waals surface area contributed by atoms with Gasteiger partial charge in [0.05, 0.1) is 33.8 Å². The molecule has 1 saturated heterocycles. The van der Waals surface area contributed by atoms with E-state index in [0.29, 0.717) is 17.4 Å². The molecule has 0 bridgehead atoms. The minimum Gasteiger partial charge on any atom is -0.489 e. The Morgan fingerprint density at radius 1 is 1.12 bits per heavy atom. The first-order valence-corrected chi connectivity index (χ1v) is 15.0. The summed E-state index contributed by atoms with van der Waals surface area (Å²) < 4.78 is 28.2. The lowest BCUT2D eigenvalue weighted by Crippen LogP contribution is -2.41. The van der Waals surface area contributed by atoms with E-state index in [0.717, 1.165) is 52.6 Å². The molecule has 9 nitrogen and oxygen atoms in total. The Kier molecular flexibility index (Phi) is 7.93. The van der Waals surface area contributed by atoms with Gasteiger partial charge in [-0.2, -0.15) is 5.10 Å². The monoisotopic (exact) mass is 646 g/mol. The van der Waals surface area contributed by atoms with Crippen molar-refractivity contribution in [3.05, 3.63) is 88.0 Å². The number of anilines is 1. The molecular formula is C32H32BrFN6O3. The molecule has 0 radical (unpaired) electrons. The number of aromatic nitrogens is 4.